The van der Waals surface area contributed by atoms with Crippen molar-refractivity contribution in [3.8, 4) is 0 Å². The number of rotatable bonds is 6. The molecule has 0 atom stereocenters. The van der Waals surface area contributed by atoms with E-state index < -0.39 is 0 Å². The maximum absolute atomic E-state index is 12.5. The van der Waals surface area contributed by atoms with E-state index in [4.69, 9.17) is 0 Å². The van der Waals surface area contributed by atoms with Crippen LogP contribution in [0.1, 0.15) is 56.7 Å². The van der Waals surface area contributed by atoms with Crippen LogP contribution in [0.15, 0.2) is 17.5 Å². The molecular weight excluding hydrogens is 266 g/mol. The lowest BCUT2D eigenvalue weighted by molar-refractivity contribution is -0.136. The molecule has 1 aliphatic rings. The summed E-state index contributed by atoms with van der Waals surface area (Å²) in [5.74, 6) is 1.51. The van der Waals surface area contributed by atoms with Gasteiger partial charge in [0, 0.05) is 17.8 Å². The van der Waals surface area contributed by atoms with Crippen LogP contribution in [0.2, 0.25) is 0 Å². The van der Waals surface area contributed by atoms with Crippen LogP contribution in [0.25, 0.3) is 0 Å². The summed E-state index contributed by atoms with van der Waals surface area (Å²) in [4.78, 5) is 15.7. The molecule has 3 heteroatoms. The fourth-order valence-corrected chi connectivity index (χ4v) is 3.97. The largest absolute Gasteiger partial charge is 0.340 e. The lowest BCUT2D eigenvalue weighted by Gasteiger charge is -2.30. The lowest BCUT2D eigenvalue weighted by Crippen LogP contribution is -2.34. The summed E-state index contributed by atoms with van der Waals surface area (Å²) in [6.07, 6.45) is 8.71. The van der Waals surface area contributed by atoms with Crippen molar-refractivity contribution in [2.24, 2.45) is 11.8 Å². The van der Waals surface area contributed by atoms with Gasteiger partial charge in [-0.05, 0) is 43.0 Å². The zero-order valence-corrected chi connectivity index (χ0v) is 13.6. The van der Waals surface area contributed by atoms with Crippen LogP contribution in [-0.4, -0.2) is 17.9 Å². The predicted octanol–water partition coefficient (Wildman–Crippen LogP) is 4.70. The van der Waals surface area contributed by atoms with E-state index >= 15 is 0 Å². The zero-order chi connectivity index (χ0) is 14.4. The van der Waals surface area contributed by atoms with Crippen LogP contribution in [0.5, 0.6) is 0 Å². The van der Waals surface area contributed by atoms with Crippen molar-refractivity contribution in [1.82, 2.24) is 4.90 Å². The van der Waals surface area contributed by atoms with Gasteiger partial charge in [0.05, 0.1) is 6.54 Å². The molecule has 2 nitrogen and oxygen atoms in total. The third-order valence-electron chi connectivity index (χ3n) is 4.51. The molecule has 1 fully saturated rings. The molecular formula is C17H27NOS. The zero-order valence-electron chi connectivity index (χ0n) is 12.8. The molecule has 0 saturated heterocycles. The Hall–Kier alpha value is -0.830. The Kier molecular flexibility index (Phi) is 6.08. The number of thiophene rings is 1. The molecule has 0 unspecified atom stereocenters. The Balaban J connectivity index is 1.76. The predicted molar refractivity (Wildman–Crippen MR) is 85.8 cm³/mol. The van der Waals surface area contributed by atoms with Crippen molar-refractivity contribution >= 4 is 17.2 Å². The molecule has 1 aliphatic carbocycles. The van der Waals surface area contributed by atoms with Gasteiger partial charge in [-0.3, -0.25) is 4.79 Å². The fourth-order valence-electron chi connectivity index (χ4n) is 3.22. The first-order valence-corrected chi connectivity index (χ1v) is 8.86. The Morgan fingerprint density at radius 3 is 2.70 bits per heavy atom. The first-order chi connectivity index (χ1) is 9.70. The van der Waals surface area contributed by atoms with Gasteiger partial charge in [-0.2, -0.15) is 0 Å². The van der Waals surface area contributed by atoms with Crippen LogP contribution in [0, 0.1) is 11.8 Å². The second kappa shape index (κ2) is 7.82. The Labute approximate surface area is 127 Å². The minimum atomic E-state index is 0.276. The number of amides is 1. The standard InChI is InChI=1S/C17H27NOS/c1-3-4-6-14-8-10-15(11-9-14)17(19)18(2)13-16-7-5-12-20-16/h5,7,12,14-15H,3-4,6,8-11,13H2,1-2H3. The van der Waals surface area contributed by atoms with Crippen LogP contribution < -0.4 is 0 Å². The first kappa shape index (κ1) is 15.6. The average Bonchev–Trinajstić information content (AvgIpc) is 2.97. The molecule has 1 aromatic heterocycles. The smallest absolute Gasteiger partial charge is 0.225 e. The van der Waals surface area contributed by atoms with Gasteiger partial charge in [0.15, 0.2) is 0 Å². The van der Waals surface area contributed by atoms with Crippen molar-refractivity contribution in [2.45, 2.75) is 58.4 Å². The van der Waals surface area contributed by atoms with Gasteiger partial charge in [0.1, 0.15) is 0 Å². The number of hydrogen-bond acceptors (Lipinski definition) is 2. The van der Waals surface area contributed by atoms with E-state index in [1.165, 1.54) is 37.0 Å². The molecule has 1 aromatic rings. The van der Waals surface area contributed by atoms with Crippen LogP contribution in [0.4, 0.5) is 0 Å². The summed E-state index contributed by atoms with van der Waals surface area (Å²) in [5, 5.41) is 2.08. The van der Waals surface area contributed by atoms with Gasteiger partial charge in [0.2, 0.25) is 5.91 Å². The SMILES string of the molecule is CCCCC1CCC(C(=O)N(C)Cc2cccs2)CC1. The van der Waals surface area contributed by atoms with Crippen LogP contribution in [-0.2, 0) is 11.3 Å². The molecule has 0 aromatic carbocycles. The third-order valence-corrected chi connectivity index (χ3v) is 5.37. The number of carbonyl (C=O) groups is 1. The van der Waals surface area contributed by atoms with Crippen LogP contribution >= 0.6 is 11.3 Å². The van der Waals surface area contributed by atoms with E-state index in [9.17, 15) is 4.79 Å². The molecule has 1 saturated carbocycles. The highest BCUT2D eigenvalue weighted by atomic mass is 32.1. The molecule has 0 bridgehead atoms. The molecule has 0 aliphatic heterocycles. The third kappa shape index (κ3) is 4.34. The van der Waals surface area contributed by atoms with Crippen molar-refractivity contribution in [3.63, 3.8) is 0 Å². The fraction of sp³-hybridized carbons (Fsp3) is 0.706. The Morgan fingerprint density at radius 2 is 2.10 bits per heavy atom. The summed E-state index contributed by atoms with van der Waals surface area (Å²) >= 11 is 1.73. The van der Waals surface area contributed by atoms with Crippen molar-refractivity contribution in [2.75, 3.05) is 7.05 Å². The lowest BCUT2D eigenvalue weighted by atomic mass is 9.79. The Bertz CT molecular complexity index is 393. The van der Waals surface area contributed by atoms with Gasteiger partial charge in [-0.15, -0.1) is 11.3 Å². The molecule has 0 spiro atoms. The molecule has 1 amide bonds. The number of hydrogen-bond donors (Lipinski definition) is 0. The number of unbranched alkanes of at least 4 members (excludes halogenated alkanes) is 1. The van der Waals surface area contributed by atoms with E-state index in [1.807, 2.05) is 11.9 Å². The average molecular weight is 293 g/mol. The van der Waals surface area contributed by atoms with Crippen LogP contribution in [0.3, 0.4) is 0 Å². The molecule has 112 valence electrons. The Morgan fingerprint density at radius 1 is 1.35 bits per heavy atom. The highest BCUT2D eigenvalue weighted by Gasteiger charge is 2.27. The summed E-state index contributed by atoms with van der Waals surface area (Å²) in [6.45, 7) is 3.03. The van der Waals surface area contributed by atoms with E-state index in [2.05, 4.69) is 24.4 Å². The summed E-state index contributed by atoms with van der Waals surface area (Å²) in [7, 11) is 1.95. The van der Waals surface area contributed by atoms with E-state index in [0.717, 1.165) is 25.3 Å². The number of carbonyl (C=O) groups excluding carboxylic acids is 1. The number of nitrogens with zero attached hydrogens (tertiary/aromatic N) is 1. The molecule has 0 N–H and O–H groups in total. The summed E-state index contributed by atoms with van der Waals surface area (Å²) in [5.41, 5.74) is 0. The van der Waals surface area contributed by atoms with Crippen molar-refractivity contribution in [3.05, 3.63) is 22.4 Å². The second-order valence-corrected chi connectivity index (χ2v) is 7.17. The quantitative estimate of drug-likeness (QED) is 0.744. The molecule has 1 heterocycles. The van der Waals surface area contributed by atoms with Gasteiger partial charge in [-0.25, -0.2) is 0 Å². The summed E-state index contributed by atoms with van der Waals surface area (Å²) < 4.78 is 0. The topological polar surface area (TPSA) is 20.3 Å². The minimum Gasteiger partial charge on any atom is -0.340 e. The molecule has 0 radical (unpaired) electrons. The van der Waals surface area contributed by atoms with Gasteiger partial charge >= 0.3 is 0 Å². The van der Waals surface area contributed by atoms with E-state index in [1.54, 1.807) is 11.3 Å². The first-order valence-electron chi connectivity index (χ1n) is 7.98. The maximum atomic E-state index is 12.5. The second-order valence-electron chi connectivity index (χ2n) is 6.13. The van der Waals surface area contributed by atoms with Crippen molar-refractivity contribution in [1.29, 1.82) is 0 Å². The van der Waals surface area contributed by atoms with E-state index in [-0.39, 0.29) is 5.92 Å². The van der Waals surface area contributed by atoms with E-state index in [0.29, 0.717) is 5.91 Å². The highest BCUT2D eigenvalue weighted by Crippen LogP contribution is 2.33. The molecule has 2 rings (SSSR count). The molecule has 20 heavy (non-hydrogen) atoms. The monoisotopic (exact) mass is 293 g/mol. The van der Waals surface area contributed by atoms with Crippen molar-refractivity contribution < 1.29 is 4.79 Å². The van der Waals surface area contributed by atoms with Gasteiger partial charge in [-0.1, -0.05) is 32.3 Å². The maximum Gasteiger partial charge on any atom is 0.225 e. The minimum absolute atomic E-state index is 0.276. The highest BCUT2D eigenvalue weighted by molar-refractivity contribution is 7.09. The summed E-state index contributed by atoms with van der Waals surface area (Å²) in [6, 6.07) is 4.16. The van der Waals surface area contributed by atoms with Gasteiger partial charge in [0.25, 0.3) is 0 Å². The normalized spacial score (nSPS) is 22.7. The van der Waals surface area contributed by atoms with Gasteiger partial charge < -0.3 is 4.90 Å².